The summed E-state index contributed by atoms with van der Waals surface area (Å²) in [4.78, 5) is 9.79. The lowest BCUT2D eigenvalue weighted by Gasteiger charge is -2.32. The Morgan fingerprint density at radius 3 is 2.00 bits per heavy atom. The molecule has 1 atom stereocenters. The molecular formula is C15H13F2N5. The standard InChI is InChI=1S/C15H13F2N5/c16-10-3-1-9(2-4-10)13-20-14(18)21-15(19)22(13)12-7-5-11(17)6-8-12/h1-8,13H,(H4,18,19,20,21). The fourth-order valence-corrected chi connectivity index (χ4v) is 2.24. The van der Waals surface area contributed by atoms with E-state index in [4.69, 9.17) is 11.5 Å². The SMILES string of the molecule is NC1=NC(c2ccc(F)cc2)N(c2ccc(F)cc2)C(N)=N1. The molecule has 112 valence electrons. The molecule has 0 aromatic heterocycles. The molecule has 0 radical (unpaired) electrons. The van der Waals surface area contributed by atoms with Gasteiger partial charge >= 0.3 is 0 Å². The van der Waals surface area contributed by atoms with E-state index in [1.807, 2.05) is 0 Å². The number of aliphatic imine (C=N–C) groups is 2. The maximum atomic E-state index is 13.1. The summed E-state index contributed by atoms with van der Waals surface area (Å²) in [5, 5.41) is 0. The van der Waals surface area contributed by atoms with Gasteiger partial charge in [0.1, 0.15) is 11.6 Å². The zero-order chi connectivity index (χ0) is 15.7. The molecule has 22 heavy (non-hydrogen) atoms. The third-order valence-electron chi connectivity index (χ3n) is 3.25. The second-order valence-electron chi connectivity index (χ2n) is 4.73. The van der Waals surface area contributed by atoms with Gasteiger partial charge in [0, 0.05) is 5.69 Å². The van der Waals surface area contributed by atoms with Gasteiger partial charge in [-0.3, -0.25) is 4.90 Å². The molecule has 0 saturated heterocycles. The number of halogens is 2. The van der Waals surface area contributed by atoms with E-state index in [0.717, 1.165) is 0 Å². The molecule has 0 spiro atoms. The van der Waals surface area contributed by atoms with Crippen LogP contribution in [0.15, 0.2) is 58.5 Å². The second kappa shape index (κ2) is 5.44. The molecule has 5 nitrogen and oxygen atoms in total. The molecule has 4 N–H and O–H groups in total. The van der Waals surface area contributed by atoms with Crippen molar-refractivity contribution in [1.82, 2.24) is 0 Å². The van der Waals surface area contributed by atoms with Gasteiger partial charge in [-0.2, -0.15) is 4.99 Å². The van der Waals surface area contributed by atoms with Crippen molar-refractivity contribution in [2.75, 3.05) is 4.90 Å². The predicted molar refractivity (Wildman–Crippen MR) is 81.3 cm³/mol. The number of benzene rings is 2. The van der Waals surface area contributed by atoms with Gasteiger partial charge in [-0.1, -0.05) is 12.1 Å². The van der Waals surface area contributed by atoms with E-state index in [0.29, 0.717) is 11.3 Å². The lowest BCUT2D eigenvalue weighted by Crippen LogP contribution is -2.44. The second-order valence-corrected chi connectivity index (χ2v) is 4.73. The summed E-state index contributed by atoms with van der Waals surface area (Å²) in [5.74, 6) is -0.553. The van der Waals surface area contributed by atoms with Crippen LogP contribution in [-0.2, 0) is 0 Å². The van der Waals surface area contributed by atoms with Gasteiger partial charge in [0.15, 0.2) is 6.17 Å². The average Bonchev–Trinajstić information content (AvgIpc) is 2.49. The number of anilines is 1. The largest absolute Gasteiger partial charge is 0.369 e. The Morgan fingerprint density at radius 2 is 1.41 bits per heavy atom. The summed E-state index contributed by atoms with van der Waals surface area (Å²) in [7, 11) is 0. The van der Waals surface area contributed by atoms with Crippen molar-refractivity contribution in [1.29, 1.82) is 0 Å². The zero-order valence-corrected chi connectivity index (χ0v) is 11.4. The van der Waals surface area contributed by atoms with Gasteiger partial charge in [-0.25, -0.2) is 13.8 Å². The van der Waals surface area contributed by atoms with Crippen LogP contribution in [0, 0.1) is 11.6 Å². The quantitative estimate of drug-likeness (QED) is 0.891. The van der Waals surface area contributed by atoms with Gasteiger partial charge in [-0.15, -0.1) is 0 Å². The van der Waals surface area contributed by atoms with Crippen molar-refractivity contribution in [3.05, 3.63) is 65.7 Å². The molecule has 1 aliphatic heterocycles. The van der Waals surface area contributed by atoms with Gasteiger partial charge in [0.05, 0.1) is 0 Å². The third-order valence-corrected chi connectivity index (χ3v) is 3.25. The molecule has 2 aromatic carbocycles. The van der Waals surface area contributed by atoms with E-state index < -0.39 is 6.17 Å². The smallest absolute Gasteiger partial charge is 0.221 e. The summed E-state index contributed by atoms with van der Waals surface area (Å²) in [6.45, 7) is 0. The van der Waals surface area contributed by atoms with E-state index in [1.54, 1.807) is 29.2 Å². The fraction of sp³-hybridized carbons (Fsp3) is 0.0667. The molecule has 0 bridgehead atoms. The van der Waals surface area contributed by atoms with Crippen LogP contribution in [0.25, 0.3) is 0 Å². The maximum Gasteiger partial charge on any atom is 0.221 e. The van der Waals surface area contributed by atoms with Crippen LogP contribution >= 0.6 is 0 Å². The van der Waals surface area contributed by atoms with Crippen LogP contribution < -0.4 is 16.4 Å². The normalized spacial score (nSPS) is 17.9. The van der Waals surface area contributed by atoms with E-state index in [9.17, 15) is 8.78 Å². The number of rotatable bonds is 2. The van der Waals surface area contributed by atoms with Gasteiger partial charge in [-0.05, 0) is 42.0 Å². The molecule has 1 heterocycles. The molecule has 0 saturated carbocycles. The predicted octanol–water partition coefficient (Wildman–Crippen LogP) is 2.11. The van der Waals surface area contributed by atoms with Crippen LogP contribution in [0.2, 0.25) is 0 Å². The average molecular weight is 301 g/mol. The van der Waals surface area contributed by atoms with Crippen LogP contribution in [0.4, 0.5) is 14.5 Å². The molecule has 3 rings (SSSR count). The highest BCUT2D eigenvalue weighted by molar-refractivity contribution is 6.04. The highest BCUT2D eigenvalue weighted by atomic mass is 19.1. The molecule has 1 aliphatic rings. The van der Waals surface area contributed by atoms with Crippen molar-refractivity contribution in [2.45, 2.75) is 6.17 Å². The molecular weight excluding hydrogens is 288 g/mol. The number of nitrogens with zero attached hydrogens (tertiary/aromatic N) is 3. The topological polar surface area (TPSA) is 80.0 Å². The minimum Gasteiger partial charge on any atom is -0.369 e. The lowest BCUT2D eigenvalue weighted by atomic mass is 10.1. The Hall–Kier alpha value is -2.96. The number of guanidine groups is 2. The Morgan fingerprint density at radius 1 is 0.864 bits per heavy atom. The summed E-state index contributed by atoms with van der Waals surface area (Å²) >= 11 is 0. The molecule has 2 aromatic rings. The van der Waals surface area contributed by atoms with Gasteiger partial charge in [0.25, 0.3) is 0 Å². The third kappa shape index (κ3) is 2.60. The van der Waals surface area contributed by atoms with Gasteiger partial charge < -0.3 is 11.5 Å². The summed E-state index contributed by atoms with van der Waals surface area (Å²) < 4.78 is 26.2. The first-order valence-electron chi connectivity index (χ1n) is 6.52. The number of hydrogen-bond donors (Lipinski definition) is 2. The molecule has 0 amide bonds. The minimum atomic E-state index is -0.594. The van der Waals surface area contributed by atoms with Crippen LogP contribution in [-0.4, -0.2) is 11.9 Å². The van der Waals surface area contributed by atoms with Gasteiger partial charge in [0.2, 0.25) is 11.9 Å². The van der Waals surface area contributed by atoms with Crippen molar-refractivity contribution >= 4 is 17.6 Å². The lowest BCUT2D eigenvalue weighted by molar-refractivity contribution is 0.623. The van der Waals surface area contributed by atoms with Crippen LogP contribution in [0.5, 0.6) is 0 Å². The fourth-order valence-electron chi connectivity index (χ4n) is 2.24. The Balaban J connectivity index is 2.06. The Kier molecular flexibility index (Phi) is 3.46. The zero-order valence-electron chi connectivity index (χ0n) is 11.4. The molecule has 1 unspecified atom stereocenters. The van der Waals surface area contributed by atoms with E-state index >= 15 is 0 Å². The Bertz CT molecular complexity index is 738. The maximum absolute atomic E-state index is 13.1. The molecule has 7 heteroatoms. The number of hydrogen-bond acceptors (Lipinski definition) is 5. The van der Waals surface area contributed by atoms with Crippen molar-refractivity contribution in [3.8, 4) is 0 Å². The summed E-state index contributed by atoms with van der Waals surface area (Å²) in [6, 6.07) is 11.6. The highest BCUT2D eigenvalue weighted by Gasteiger charge is 2.27. The number of nitrogens with two attached hydrogens (primary N) is 2. The van der Waals surface area contributed by atoms with E-state index in [1.165, 1.54) is 24.3 Å². The summed E-state index contributed by atoms with van der Waals surface area (Å²) in [6.07, 6.45) is -0.594. The first-order chi connectivity index (χ1) is 10.5. The van der Waals surface area contributed by atoms with E-state index in [2.05, 4.69) is 9.98 Å². The van der Waals surface area contributed by atoms with Crippen molar-refractivity contribution in [3.63, 3.8) is 0 Å². The first-order valence-corrected chi connectivity index (χ1v) is 6.52. The molecule has 0 aliphatic carbocycles. The van der Waals surface area contributed by atoms with Crippen LogP contribution in [0.3, 0.4) is 0 Å². The Labute approximate surface area is 125 Å². The van der Waals surface area contributed by atoms with Crippen molar-refractivity contribution in [2.24, 2.45) is 21.5 Å². The summed E-state index contributed by atoms with van der Waals surface area (Å²) in [5.41, 5.74) is 12.9. The minimum absolute atomic E-state index is 0.0326. The first kappa shape index (κ1) is 14.0. The van der Waals surface area contributed by atoms with Crippen molar-refractivity contribution < 1.29 is 8.78 Å². The monoisotopic (exact) mass is 301 g/mol. The van der Waals surface area contributed by atoms with E-state index in [-0.39, 0.29) is 23.6 Å². The highest BCUT2D eigenvalue weighted by Crippen LogP contribution is 2.30. The molecule has 0 fully saturated rings. The van der Waals surface area contributed by atoms with Crippen LogP contribution in [0.1, 0.15) is 11.7 Å².